The fourth-order valence-corrected chi connectivity index (χ4v) is 6.14. The maximum Gasteiger partial charge on any atom is 0.407 e. The van der Waals surface area contributed by atoms with Crippen LogP contribution in [0.15, 0.2) is 24.5 Å². The number of carboxylic acid groups (broad SMARTS) is 1. The molecule has 11 nitrogen and oxygen atoms in total. The van der Waals surface area contributed by atoms with Crippen LogP contribution in [0.1, 0.15) is 41.4 Å². The van der Waals surface area contributed by atoms with Gasteiger partial charge in [-0.3, -0.25) is 4.79 Å². The number of aliphatic hydroxyl groups is 1. The van der Waals surface area contributed by atoms with Crippen molar-refractivity contribution in [3.63, 3.8) is 0 Å². The number of ether oxygens (including phenoxy) is 2. The molecule has 1 saturated carbocycles. The second-order valence-electron chi connectivity index (χ2n) is 12.9. The number of nitrogens with zero attached hydrogens (tertiary/aromatic N) is 4. The molecule has 1 aliphatic carbocycles. The van der Waals surface area contributed by atoms with Gasteiger partial charge in [-0.1, -0.05) is 32.6 Å². The van der Waals surface area contributed by atoms with Crippen LogP contribution in [0.4, 0.5) is 4.79 Å². The summed E-state index contributed by atoms with van der Waals surface area (Å²) in [6.45, 7) is 12.3. The van der Waals surface area contributed by atoms with Crippen molar-refractivity contribution in [2.24, 2.45) is 5.92 Å². The van der Waals surface area contributed by atoms with E-state index in [1.165, 1.54) is 19.2 Å². The molecule has 3 aromatic rings. The van der Waals surface area contributed by atoms with Gasteiger partial charge in [0.15, 0.2) is 0 Å². The number of hydrogen-bond acceptors (Lipinski definition) is 7. The highest BCUT2D eigenvalue weighted by molar-refractivity contribution is 6.76. The van der Waals surface area contributed by atoms with Crippen LogP contribution in [0.25, 0.3) is 22.3 Å². The lowest BCUT2D eigenvalue weighted by Gasteiger charge is -2.17. The summed E-state index contributed by atoms with van der Waals surface area (Å²) >= 11 is 0. The SMILES string of the molecule is CCc1ccc(OCC2CC2)c(-c2ncnc3c(C(=O)NC4CN(C(=O)O)CC4O)c(C)n(COCC[Si](C)(C)C)c23)c1. The van der Waals surface area contributed by atoms with Crippen molar-refractivity contribution >= 4 is 31.1 Å². The van der Waals surface area contributed by atoms with E-state index in [1.54, 1.807) is 0 Å². The van der Waals surface area contributed by atoms with Crippen molar-refractivity contribution in [1.29, 1.82) is 0 Å². The zero-order valence-electron chi connectivity index (χ0n) is 25.7. The lowest BCUT2D eigenvalue weighted by Crippen LogP contribution is -2.43. The van der Waals surface area contributed by atoms with E-state index >= 15 is 0 Å². The smallest absolute Gasteiger partial charge is 0.407 e. The van der Waals surface area contributed by atoms with Gasteiger partial charge in [-0.05, 0) is 55.8 Å². The number of carbonyl (C=O) groups is 2. The Hall–Kier alpha value is -3.48. The fourth-order valence-electron chi connectivity index (χ4n) is 5.38. The summed E-state index contributed by atoms with van der Waals surface area (Å²) in [5.41, 5.74) is 4.76. The normalized spacial score (nSPS) is 18.8. The average molecular weight is 610 g/mol. The number of nitrogens with one attached hydrogen (secondary N) is 1. The van der Waals surface area contributed by atoms with Gasteiger partial charge in [0.05, 0.1) is 36.4 Å². The van der Waals surface area contributed by atoms with Crippen molar-refractivity contribution in [3.05, 3.63) is 41.3 Å². The number of fused-ring (bicyclic) bond motifs is 1. The quantitative estimate of drug-likeness (QED) is 0.201. The topological polar surface area (TPSA) is 139 Å². The van der Waals surface area contributed by atoms with Crippen LogP contribution in [0.2, 0.25) is 25.7 Å². The molecule has 2 unspecified atom stereocenters. The molecule has 2 amide bonds. The summed E-state index contributed by atoms with van der Waals surface area (Å²) in [5, 5.41) is 22.7. The van der Waals surface area contributed by atoms with Crippen LogP contribution >= 0.6 is 0 Å². The second kappa shape index (κ2) is 12.6. The average Bonchev–Trinajstić information content (AvgIpc) is 3.65. The third-order valence-electron chi connectivity index (χ3n) is 8.29. The molecule has 12 heteroatoms. The van der Waals surface area contributed by atoms with Crippen molar-refractivity contribution in [3.8, 4) is 17.0 Å². The Bertz CT molecular complexity index is 1500. The van der Waals surface area contributed by atoms with E-state index in [9.17, 15) is 19.8 Å². The van der Waals surface area contributed by atoms with E-state index in [0.717, 1.165) is 34.2 Å². The molecule has 5 rings (SSSR count). The maximum absolute atomic E-state index is 13.8. The van der Waals surface area contributed by atoms with Gasteiger partial charge in [-0.2, -0.15) is 0 Å². The molecule has 0 spiro atoms. The van der Waals surface area contributed by atoms with Crippen LogP contribution in [0.3, 0.4) is 0 Å². The number of aliphatic hydroxyl groups excluding tert-OH is 1. The summed E-state index contributed by atoms with van der Waals surface area (Å²) in [4.78, 5) is 35.7. The summed E-state index contributed by atoms with van der Waals surface area (Å²) in [6.07, 6.45) is 2.51. The van der Waals surface area contributed by atoms with Crippen molar-refractivity contribution in [2.75, 3.05) is 26.3 Å². The third-order valence-corrected chi connectivity index (χ3v) is 10.00. The molecule has 2 fully saturated rings. The van der Waals surface area contributed by atoms with E-state index in [-0.39, 0.29) is 19.8 Å². The summed E-state index contributed by atoms with van der Waals surface area (Å²) in [6, 6.07) is 6.43. The molecule has 2 aromatic heterocycles. The van der Waals surface area contributed by atoms with E-state index < -0.39 is 32.2 Å². The van der Waals surface area contributed by atoms with Gasteiger partial charge in [0.1, 0.15) is 30.0 Å². The first kappa shape index (κ1) is 31.0. The fraction of sp³-hybridized carbons (Fsp3) is 0.548. The number of amides is 2. The van der Waals surface area contributed by atoms with E-state index in [2.05, 4.69) is 49.0 Å². The Morgan fingerprint density at radius 3 is 2.58 bits per heavy atom. The predicted molar refractivity (Wildman–Crippen MR) is 166 cm³/mol. The minimum Gasteiger partial charge on any atom is -0.493 e. The lowest BCUT2D eigenvalue weighted by atomic mass is 10.0. The first-order valence-corrected chi connectivity index (χ1v) is 18.8. The number of β-amino-alcohol motifs (C(OH)–C–C–N with tert-alkyl or cyclic N) is 1. The first-order chi connectivity index (χ1) is 20.5. The molecule has 1 aliphatic heterocycles. The van der Waals surface area contributed by atoms with Gasteiger partial charge in [0.25, 0.3) is 5.91 Å². The molecule has 43 heavy (non-hydrogen) atoms. The van der Waals surface area contributed by atoms with Crippen molar-refractivity contribution in [1.82, 2.24) is 24.8 Å². The molecular weight excluding hydrogens is 566 g/mol. The Kier molecular flexibility index (Phi) is 9.09. The van der Waals surface area contributed by atoms with E-state index in [1.807, 2.05) is 17.6 Å². The van der Waals surface area contributed by atoms with E-state index in [0.29, 0.717) is 47.1 Å². The Labute approximate surface area is 253 Å². The first-order valence-electron chi connectivity index (χ1n) is 15.1. The molecule has 3 heterocycles. The predicted octanol–water partition coefficient (Wildman–Crippen LogP) is 4.52. The number of carbonyl (C=O) groups excluding carboxylic acids is 1. The van der Waals surface area contributed by atoms with Gasteiger partial charge in [0.2, 0.25) is 0 Å². The molecule has 232 valence electrons. The maximum atomic E-state index is 13.8. The van der Waals surface area contributed by atoms with Gasteiger partial charge >= 0.3 is 6.09 Å². The van der Waals surface area contributed by atoms with Crippen LogP contribution in [-0.4, -0.2) is 88.2 Å². The Morgan fingerprint density at radius 1 is 1.16 bits per heavy atom. The molecule has 1 saturated heterocycles. The lowest BCUT2D eigenvalue weighted by molar-refractivity contribution is 0.0865. The zero-order chi connectivity index (χ0) is 30.9. The highest BCUT2D eigenvalue weighted by atomic mass is 28.3. The molecule has 2 aliphatic rings. The Balaban J connectivity index is 1.57. The number of rotatable bonds is 12. The van der Waals surface area contributed by atoms with Gasteiger partial charge < -0.3 is 34.5 Å². The second-order valence-corrected chi connectivity index (χ2v) is 18.6. The molecule has 3 N–H and O–H groups in total. The highest BCUT2D eigenvalue weighted by Gasteiger charge is 2.36. The number of benzene rings is 1. The largest absolute Gasteiger partial charge is 0.493 e. The Morgan fingerprint density at radius 2 is 1.93 bits per heavy atom. The zero-order valence-corrected chi connectivity index (χ0v) is 26.7. The summed E-state index contributed by atoms with van der Waals surface area (Å²) in [5.74, 6) is 0.882. The van der Waals surface area contributed by atoms with Crippen LogP contribution in [0, 0.1) is 12.8 Å². The summed E-state index contributed by atoms with van der Waals surface area (Å²) in [7, 11) is -1.32. The number of aryl methyl sites for hydroxylation is 1. The standard InChI is InChI=1S/C31H43N5O6Si/c1-6-20-9-10-25(42-16-21-7-8-21)22(13-20)27-29-28(33-17-32-27)26(19(2)36(29)18-41-11-12-43(3,4)5)30(38)34-23-14-35(31(39)40)15-24(23)37/h9-10,13,17,21,23-24,37H,6-8,11-12,14-16,18H2,1-5H3,(H,34,38)(H,39,40). The van der Waals surface area contributed by atoms with E-state index in [4.69, 9.17) is 14.5 Å². The third kappa shape index (κ3) is 7.02. The molecule has 0 radical (unpaired) electrons. The van der Waals surface area contributed by atoms with Crippen LogP contribution < -0.4 is 10.1 Å². The molecule has 2 atom stereocenters. The van der Waals surface area contributed by atoms with Gasteiger partial charge in [-0.15, -0.1) is 0 Å². The molecule has 0 bridgehead atoms. The summed E-state index contributed by atoms with van der Waals surface area (Å²) < 4.78 is 14.4. The van der Waals surface area contributed by atoms with Crippen LogP contribution in [-0.2, 0) is 17.9 Å². The number of aromatic nitrogens is 3. The number of likely N-dealkylation sites (tertiary alicyclic amines) is 1. The molecular formula is C31H43N5O6Si. The highest BCUT2D eigenvalue weighted by Crippen LogP contribution is 2.38. The molecule has 1 aromatic carbocycles. The van der Waals surface area contributed by atoms with Crippen molar-refractivity contribution < 1.29 is 29.3 Å². The van der Waals surface area contributed by atoms with Crippen molar-refractivity contribution in [2.45, 2.75) is 77.7 Å². The van der Waals surface area contributed by atoms with Gasteiger partial charge in [0, 0.05) is 32.5 Å². The minimum absolute atomic E-state index is 0.00543. The minimum atomic E-state index is -1.32. The number of hydrogen-bond donors (Lipinski definition) is 3. The monoisotopic (exact) mass is 609 g/mol. The van der Waals surface area contributed by atoms with Crippen LogP contribution in [0.5, 0.6) is 5.75 Å². The van der Waals surface area contributed by atoms with Gasteiger partial charge in [-0.25, -0.2) is 14.8 Å².